The van der Waals surface area contributed by atoms with E-state index in [4.69, 9.17) is 5.73 Å². The Hall–Kier alpha value is -2.55. The highest BCUT2D eigenvalue weighted by Crippen LogP contribution is 2.31. The number of hydrogen-bond acceptors (Lipinski definition) is 3. The average Bonchev–Trinajstić information content (AvgIpc) is 2.62. The third-order valence-electron chi connectivity index (χ3n) is 4.83. The fourth-order valence-electron chi connectivity index (χ4n) is 3.52. The van der Waals surface area contributed by atoms with E-state index < -0.39 is 0 Å². The van der Waals surface area contributed by atoms with Gasteiger partial charge in [0, 0.05) is 24.2 Å². The van der Waals surface area contributed by atoms with Crippen molar-refractivity contribution in [3.05, 3.63) is 66.2 Å². The van der Waals surface area contributed by atoms with Gasteiger partial charge in [0.25, 0.3) is 0 Å². The first-order chi connectivity index (χ1) is 11.3. The van der Waals surface area contributed by atoms with Crippen LogP contribution in [0.5, 0.6) is 0 Å². The minimum absolute atomic E-state index is 0.578. The monoisotopic (exact) mass is 303 g/mol. The van der Waals surface area contributed by atoms with Crippen molar-refractivity contribution in [2.24, 2.45) is 0 Å². The normalized spacial score (nSPS) is 15.9. The first-order valence-corrected chi connectivity index (χ1v) is 8.26. The highest BCUT2D eigenvalue weighted by molar-refractivity contribution is 5.83. The highest BCUT2D eigenvalue weighted by atomic mass is 15.1. The smallest absolute Gasteiger partial charge is 0.124 e. The fraction of sp³-hybridized carbons (Fsp3) is 0.250. The lowest BCUT2D eigenvalue weighted by atomic mass is 9.89. The molecular formula is C20H21N3. The molecule has 0 aliphatic carbocycles. The van der Waals surface area contributed by atoms with Gasteiger partial charge in [0.05, 0.1) is 5.52 Å². The van der Waals surface area contributed by atoms with Crippen LogP contribution < -0.4 is 10.6 Å². The molecule has 0 saturated carbocycles. The Morgan fingerprint density at radius 1 is 0.913 bits per heavy atom. The number of aromatic nitrogens is 1. The van der Waals surface area contributed by atoms with Gasteiger partial charge in [-0.25, -0.2) is 4.98 Å². The summed E-state index contributed by atoms with van der Waals surface area (Å²) in [5.41, 5.74) is 9.48. The number of pyridine rings is 1. The van der Waals surface area contributed by atoms with Crippen molar-refractivity contribution in [1.82, 2.24) is 4.98 Å². The lowest BCUT2D eigenvalue weighted by molar-refractivity contribution is 0.505. The maximum atomic E-state index is 5.75. The number of hydrogen-bond donors (Lipinski definition) is 1. The average molecular weight is 303 g/mol. The predicted octanol–water partition coefficient (Wildman–Crippen LogP) is 4.20. The molecule has 3 aromatic rings. The fourth-order valence-corrected chi connectivity index (χ4v) is 3.52. The quantitative estimate of drug-likeness (QED) is 0.771. The summed E-state index contributed by atoms with van der Waals surface area (Å²) in [6.07, 6.45) is 2.42. The van der Waals surface area contributed by atoms with Crippen molar-refractivity contribution < 1.29 is 0 Å². The number of nitrogen functional groups attached to an aromatic ring is 1. The zero-order valence-corrected chi connectivity index (χ0v) is 13.2. The molecule has 1 aromatic heterocycles. The molecule has 4 rings (SSSR count). The maximum Gasteiger partial charge on any atom is 0.124 e. The molecule has 23 heavy (non-hydrogen) atoms. The van der Waals surface area contributed by atoms with Crippen molar-refractivity contribution in [2.45, 2.75) is 18.8 Å². The molecule has 1 fully saturated rings. The second-order valence-electron chi connectivity index (χ2n) is 6.29. The number of anilines is 2. The predicted molar refractivity (Wildman–Crippen MR) is 96.8 cm³/mol. The number of nitrogens with zero attached hydrogens (tertiary/aromatic N) is 2. The van der Waals surface area contributed by atoms with E-state index in [1.54, 1.807) is 0 Å². The summed E-state index contributed by atoms with van der Waals surface area (Å²) in [5.74, 6) is 1.27. The minimum Gasteiger partial charge on any atom is -0.384 e. The maximum absolute atomic E-state index is 5.75. The summed E-state index contributed by atoms with van der Waals surface area (Å²) in [7, 11) is 0. The summed E-state index contributed by atoms with van der Waals surface area (Å²) in [6.45, 7) is 2.21. The molecular weight excluding hydrogens is 282 g/mol. The molecule has 0 atom stereocenters. The van der Waals surface area contributed by atoms with Gasteiger partial charge in [0.1, 0.15) is 5.82 Å². The van der Waals surface area contributed by atoms with Crippen LogP contribution in [0.2, 0.25) is 0 Å². The Balaban J connectivity index is 1.51. The van der Waals surface area contributed by atoms with Gasteiger partial charge in [-0.15, -0.1) is 0 Å². The molecule has 1 aliphatic rings. The van der Waals surface area contributed by atoms with Gasteiger partial charge in [-0.2, -0.15) is 0 Å². The molecule has 0 amide bonds. The van der Waals surface area contributed by atoms with E-state index in [2.05, 4.69) is 64.5 Å². The van der Waals surface area contributed by atoms with Gasteiger partial charge in [-0.05, 0) is 54.7 Å². The number of fused-ring (bicyclic) bond motifs is 1. The van der Waals surface area contributed by atoms with E-state index in [0.717, 1.165) is 24.0 Å². The molecule has 0 spiro atoms. The van der Waals surface area contributed by atoms with Crippen LogP contribution in [0.1, 0.15) is 24.3 Å². The second kappa shape index (κ2) is 5.92. The Morgan fingerprint density at radius 3 is 2.48 bits per heavy atom. The summed E-state index contributed by atoms with van der Waals surface area (Å²) in [4.78, 5) is 6.85. The van der Waals surface area contributed by atoms with Gasteiger partial charge in [-0.1, -0.05) is 30.3 Å². The van der Waals surface area contributed by atoms with Gasteiger partial charge >= 0.3 is 0 Å². The summed E-state index contributed by atoms with van der Waals surface area (Å²) >= 11 is 0. The minimum atomic E-state index is 0.578. The van der Waals surface area contributed by atoms with Gasteiger partial charge in [-0.3, -0.25) is 0 Å². The van der Waals surface area contributed by atoms with Crippen LogP contribution in [0.3, 0.4) is 0 Å². The SMILES string of the molecule is Nc1ccc2cc(N3CCC(c4ccccc4)CC3)ccc2n1. The van der Waals surface area contributed by atoms with E-state index in [1.165, 1.54) is 24.1 Å². The summed E-state index contributed by atoms with van der Waals surface area (Å²) in [6, 6.07) is 21.3. The Morgan fingerprint density at radius 2 is 1.70 bits per heavy atom. The van der Waals surface area contributed by atoms with Gasteiger partial charge < -0.3 is 10.6 Å². The van der Waals surface area contributed by atoms with Crippen LogP contribution in [0, 0.1) is 0 Å². The summed E-state index contributed by atoms with van der Waals surface area (Å²) in [5, 5.41) is 1.15. The van der Waals surface area contributed by atoms with E-state index in [0.29, 0.717) is 11.7 Å². The number of piperidine rings is 1. The van der Waals surface area contributed by atoms with Crippen LogP contribution in [0.15, 0.2) is 60.7 Å². The molecule has 116 valence electrons. The van der Waals surface area contributed by atoms with Crippen LogP contribution in [-0.4, -0.2) is 18.1 Å². The number of nitrogens with two attached hydrogens (primary N) is 1. The van der Waals surface area contributed by atoms with Crippen molar-refractivity contribution in [1.29, 1.82) is 0 Å². The molecule has 1 saturated heterocycles. The topological polar surface area (TPSA) is 42.1 Å². The lowest BCUT2D eigenvalue weighted by Crippen LogP contribution is -2.32. The second-order valence-corrected chi connectivity index (χ2v) is 6.29. The molecule has 1 aliphatic heterocycles. The molecule has 2 heterocycles. The summed E-state index contributed by atoms with van der Waals surface area (Å²) < 4.78 is 0. The van der Waals surface area contributed by atoms with Crippen molar-refractivity contribution in [3.63, 3.8) is 0 Å². The van der Waals surface area contributed by atoms with Crippen molar-refractivity contribution in [3.8, 4) is 0 Å². The highest BCUT2D eigenvalue weighted by Gasteiger charge is 2.20. The number of benzene rings is 2. The largest absolute Gasteiger partial charge is 0.384 e. The Labute approximate surface area is 136 Å². The molecule has 3 heteroatoms. The van der Waals surface area contributed by atoms with Crippen LogP contribution >= 0.6 is 0 Å². The van der Waals surface area contributed by atoms with E-state index >= 15 is 0 Å². The van der Waals surface area contributed by atoms with E-state index in [1.807, 2.05) is 6.07 Å². The van der Waals surface area contributed by atoms with Crippen LogP contribution in [-0.2, 0) is 0 Å². The number of rotatable bonds is 2. The molecule has 2 aromatic carbocycles. The van der Waals surface area contributed by atoms with Crippen LogP contribution in [0.4, 0.5) is 11.5 Å². The molecule has 0 unspecified atom stereocenters. The van der Waals surface area contributed by atoms with E-state index in [-0.39, 0.29) is 0 Å². The zero-order valence-electron chi connectivity index (χ0n) is 13.2. The molecule has 3 nitrogen and oxygen atoms in total. The van der Waals surface area contributed by atoms with Crippen molar-refractivity contribution >= 4 is 22.4 Å². The van der Waals surface area contributed by atoms with E-state index in [9.17, 15) is 0 Å². The third-order valence-corrected chi connectivity index (χ3v) is 4.83. The zero-order chi connectivity index (χ0) is 15.6. The molecule has 0 radical (unpaired) electrons. The molecule has 0 bridgehead atoms. The first kappa shape index (κ1) is 14.1. The van der Waals surface area contributed by atoms with Gasteiger partial charge in [0.2, 0.25) is 0 Å². The van der Waals surface area contributed by atoms with Gasteiger partial charge in [0.15, 0.2) is 0 Å². The Bertz CT molecular complexity index is 805. The Kier molecular flexibility index (Phi) is 3.62. The first-order valence-electron chi connectivity index (χ1n) is 8.26. The third kappa shape index (κ3) is 2.87. The standard InChI is InChI=1S/C20H21N3/c21-20-9-6-17-14-18(7-8-19(17)22-20)23-12-10-16(11-13-23)15-4-2-1-3-5-15/h1-9,14,16H,10-13H2,(H2,21,22). The molecule has 2 N–H and O–H groups in total. The lowest BCUT2D eigenvalue weighted by Gasteiger charge is -2.34. The van der Waals surface area contributed by atoms with Crippen molar-refractivity contribution in [2.75, 3.05) is 23.7 Å². The van der Waals surface area contributed by atoms with Crippen LogP contribution in [0.25, 0.3) is 10.9 Å².